The number of fused-ring (bicyclic) bond motifs is 1. The third-order valence-electron chi connectivity index (χ3n) is 5.20. The van der Waals surface area contributed by atoms with Gasteiger partial charge in [0.2, 0.25) is 0 Å². The predicted molar refractivity (Wildman–Crippen MR) is 110 cm³/mol. The summed E-state index contributed by atoms with van der Waals surface area (Å²) in [6.07, 6.45) is 5.65. The number of nitrogens with zero attached hydrogens (tertiary/aromatic N) is 1. The van der Waals surface area contributed by atoms with Gasteiger partial charge in [-0.1, -0.05) is 0 Å². The van der Waals surface area contributed by atoms with Crippen LogP contribution in [-0.2, 0) is 26.3 Å². The van der Waals surface area contributed by atoms with Crippen molar-refractivity contribution in [2.24, 2.45) is 0 Å². The normalized spacial score (nSPS) is 15.5. The summed E-state index contributed by atoms with van der Waals surface area (Å²) in [7, 11) is 12.9. The van der Waals surface area contributed by atoms with Crippen LogP contribution in [0.25, 0.3) is 6.08 Å². The fourth-order valence-corrected chi connectivity index (χ4v) is 7.75. The molecule has 2 nitrogen and oxygen atoms in total. The van der Waals surface area contributed by atoms with E-state index in [-0.39, 0.29) is 11.8 Å². The monoisotopic (exact) mass is 436 g/mol. The molecule has 1 amide bonds. The molecule has 0 fully saturated rings. The number of hydrogen-bond donors (Lipinski definition) is 0. The standard InChI is InChI=1S/C22H25NO.2ClH.Ti/c1-4-9-21(24)23-22(2,3)20-13-8-7-12-19(20)18-15-14-16-10-5-6-11-17(16)18;;;/h5-8,10-15,18H,4,9H2,1-3H3,(H,23,24);2*1H;/q;;;+3/p-3. The Labute approximate surface area is 176 Å². The van der Waals surface area contributed by atoms with Gasteiger partial charge in [0, 0.05) is 0 Å². The molecule has 0 saturated carbocycles. The minimum absolute atomic E-state index is 0.0414. The molecule has 27 heavy (non-hydrogen) atoms. The van der Waals surface area contributed by atoms with Crippen LogP contribution in [0.5, 0.6) is 0 Å². The van der Waals surface area contributed by atoms with E-state index in [1.54, 1.807) is 3.38 Å². The topological polar surface area (TPSA) is 20.3 Å². The van der Waals surface area contributed by atoms with Gasteiger partial charge in [0.05, 0.1) is 0 Å². The van der Waals surface area contributed by atoms with Gasteiger partial charge in [-0.25, -0.2) is 0 Å². The Morgan fingerprint density at radius 2 is 1.70 bits per heavy atom. The van der Waals surface area contributed by atoms with Crippen LogP contribution in [0.15, 0.2) is 54.6 Å². The molecule has 0 saturated heterocycles. The number of carbonyl (C=O) groups excluding carboxylic acids is 1. The average molecular weight is 437 g/mol. The summed E-state index contributed by atoms with van der Waals surface area (Å²) in [5.74, 6) is 0.216. The quantitative estimate of drug-likeness (QED) is 0.470. The van der Waals surface area contributed by atoms with E-state index in [4.69, 9.17) is 18.6 Å². The molecule has 1 atom stereocenters. The molecule has 1 aliphatic rings. The molecular formula is C22H24Cl2NOTi. The first-order valence-electron chi connectivity index (χ1n) is 9.25. The Morgan fingerprint density at radius 3 is 2.37 bits per heavy atom. The summed E-state index contributed by atoms with van der Waals surface area (Å²) in [6, 6.07) is 16.8. The van der Waals surface area contributed by atoms with Crippen molar-refractivity contribution in [1.29, 1.82) is 0 Å². The second kappa shape index (κ2) is 8.53. The van der Waals surface area contributed by atoms with Crippen molar-refractivity contribution in [3.05, 3.63) is 76.9 Å². The Kier molecular flexibility index (Phi) is 6.53. The van der Waals surface area contributed by atoms with Crippen molar-refractivity contribution >= 4 is 30.6 Å². The maximum atomic E-state index is 12.8. The molecule has 3 rings (SSSR count). The van der Waals surface area contributed by atoms with Gasteiger partial charge < -0.3 is 0 Å². The van der Waals surface area contributed by atoms with Crippen molar-refractivity contribution in [3.8, 4) is 0 Å². The molecule has 0 radical (unpaired) electrons. The van der Waals surface area contributed by atoms with Gasteiger partial charge in [-0.2, -0.15) is 0 Å². The first kappa shape index (κ1) is 20.7. The van der Waals surface area contributed by atoms with Crippen molar-refractivity contribution in [2.45, 2.75) is 45.1 Å². The molecule has 5 heteroatoms. The van der Waals surface area contributed by atoms with E-state index in [0.29, 0.717) is 6.42 Å². The summed E-state index contributed by atoms with van der Waals surface area (Å²) in [5, 5.41) is 0. The zero-order chi connectivity index (χ0) is 19.6. The SMILES string of the molecule is CCCC(=O)[N]([Ti]([Cl])[Cl])C(C)(C)c1ccccc1C1C=Cc2ccccc21. The molecule has 0 spiro atoms. The molecule has 1 aliphatic carbocycles. The van der Waals surface area contributed by atoms with E-state index < -0.39 is 21.5 Å². The second-order valence-electron chi connectivity index (χ2n) is 7.33. The average Bonchev–Trinajstić information content (AvgIpc) is 3.05. The van der Waals surface area contributed by atoms with Crippen LogP contribution in [0.1, 0.15) is 61.8 Å². The van der Waals surface area contributed by atoms with E-state index in [9.17, 15) is 4.79 Å². The van der Waals surface area contributed by atoms with Crippen molar-refractivity contribution in [1.82, 2.24) is 3.38 Å². The summed E-state index contributed by atoms with van der Waals surface area (Å²) in [6.45, 7) is 6.11. The Hall–Kier alpha value is -1.06. The Morgan fingerprint density at radius 1 is 1.07 bits per heavy atom. The molecule has 0 N–H and O–H groups in total. The van der Waals surface area contributed by atoms with Gasteiger partial charge in [0.15, 0.2) is 0 Å². The molecule has 0 aromatic heterocycles. The van der Waals surface area contributed by atoms with Crippen LogP contribution in [0.3, 0.4) is 0 Å². The van der Waals surface area contributed by atoms with Gasteiger partial charge in [-0.15, -0.1) is 0 Å². The van der Waals surface area contributed by atoms with Crippen LogP contribution < -0.4 is 0 Å². The molecule has 1 unspecified atom stereocenters. The fourth-order valence-electron chi connectivity index (χ4n) is 3.91. The zero-order valence-corrected chi connectivity index (χ0v) is 18.9. The molecule has 0 bridgehead atoms. The first-order valence-corrected chi connectivity index (χ1v) is 14.2. The van der Waals surface area contributed by atoms with Gasteiger partial charge >= 0.3 is 177 Å². The van der Waals surface area contributed by atoms with Crippen LogP contribution in [0.2, 0.25) is 0 Å². The van der Waals surface area contributed by atoms with E-state index >= 15 is 0 Å². The predicted octanol–water partition coefficient (Wildman–Crippen LogP) is 6.55. The third kappa shape index (κ3) is 4.05. The number of benzene rings is 2. The molecule has 0 heterocycles. The van der Waals surface area contributed by atoms with Crippen molar-refractivity contribution < 1.29 is 20.8 Å². The summed E-state index contributed by atoms with van der Waals surface area (Å²) in [4.78, 5) is 12.8. The summed E-state index contributed by atoms with van der Waals surface area (Å²) in [5.41, 5.74) is 4.28. The number of carbonyl (C=O) groups is 1. The number of amides is 1. The number of allylic oxidation sites excluding steroid dienone is 1. The molecular weight excluding hydrogens is 413 g/mol. The second-order valence-corrected chi connectivity index (χ2v) is 12.5. The molecule has 2 aromatic rings. The fraction of sp³-hybridized carbons (Fsp3) is 0.318. The van der Waals surface area contributed by atoms with Crippen molar-refractivity contribution in [3.63, 3.8) is 0 Å². The summed E-state index contributed by atoms with van der Waals surface area (Å²) < 4.78 is 1.77. The first-order chi connectivity index (χ1) is 12.9. The third-order valence-corrected chi connectivity index (χ3v) is 8.38. The zero-order valence-electron chi connectivity index (χ0n) is 15.9. The van der Waals surface area contributed by atoms with Crippen LogP contribution in [-0.4, -0.2) is 9.29 Å². The minimum atomic E-state index is -2.68. The number of rotatable bonds is 6. The Bertz CT molecular complexity index is 863. The van der Waals surface area contributed by atoms with E-state index in [0.717, 1.165) is 12.0 Å². The van der Waals surface area contributed by atoms with Gasteiger partial charge in [0.1, 0.15) is 0 Å². The maximum absolute atomic E-state index is 12.8. The molecule has 0 aliphatic heterocycles. The van der Waals surface area contributed by atoms with E-state index in [1.165, 1.54) is 16.7 Å². The van der Waals surface area contributed by atoms with E-state index in [2.05, 4.69) is 68.5 Å². The van der Waals surface area contributed by atoms with Gasteiger partial charge in [-0.3, -0.25) is 0 Å². The molecule has 2 aromatic carbocycles. The summed E-state index contributed by atoms with van der Waals surface area (Å²) >= 11 is -2.68. The van der Waals surface area contributed by atoms with Crippen LogP contribution >= 0.6 is 18.6 Å². The Balaban J connectivity index is 2.08. The van der Waals surface area contributed by atoms with Crippen LogP contribution in [0, 0.1) is 0 Å². The van der Waals surface area contributed by atoms with Gasteiger partial charge in [-0.05, 0) is 0 Å². The van der Waals surface area contributed by atoms with Crippen LogP contribution in [0.4, 0.5) is 0 Å². The molecule has 141 valence electrons. The number of hydrogen-bond acceptors (Lipinski definition) is 1. The van der Waals surface area contributed by atoms with Crippen molar-refractivity contribution in [2.75, 3.05) is 0 Å². The van der Waals surface area contributed by atoms with Gasteiger partial charge in [0.25, 0.3) is 0 Å². The van der Waals surface area contributed by atoms with E-state index in [1.807, 2.05) is 13.0 Å². The number of halogens is 2.